The lowest BCUT2D eigenvalue weighted by atomic mass is 10.1. The molecule has 0 spiro atoms. The normalized spacial score (nSPS) is 14.3. The number of aryl methyl sites for hydroxylation is 1. The fraction of sp³-hybridized carbons (Fsp3) is 0.500. The van der Waals surface area contributed by atoms with Crippen molar-refractivity contribution in [2.45, 2.75) is 52.0 Å². The predicted octanol–water partition coefficient (Wildman–Crippen LogP) is 4.36. The Bertz CT molecular complexity index is 832. The van der Waals surface area contributed by atoms with Crippen LogP contribution in [0.1, 0.15) is 48.1 Å². The Kier molecular flexibility index (Phi) is 10.6. The van der Waals surface area contributed by atoms with Gasteiger partial charge in [-0.15, -0.1) is 35.3 Å². The first-order chi connectivity index (χ1) is 14.2. The molecule has 0 saturated heterocycles. The van der Waals surface area contributed by atoms with E-state index in [1.165, 1.54) is 4.88 Å². The summed E-state index contributed by atoms with van der Waals surface area (Å²) >= 11 is 1.77. The molecule has 1 aromatic carbocycles. The molecular formula is C22H32IN5OS. The van der Waals surface area contributed by atoms with E-state index >= 15 is 0 Å². The molecule has 164 valence electrons. The first-order valence-electron chi connectivity index (χ1n) is 10.5. The van der Waals surface area contributed by atoms with Gasteiger partial charge in [0.25, 0.3) is 0 Å². The summed E-state index contributed by atoms with van der Waals surface area (Å²) in [5, 5.41) is 10.9. The molecule has 1 saturated carbocycles. The number of carbonyl (C=O) groups excluding carboxylic acids is 1. The van der Waals surface area contributed by atoms with Crippen LogP contribution in [0.15, 0.2) is 35.5 Å². The maximum atomic E-state index is 12.3. The number of nitrogens with one attached hydrogen (secondary N) is 3. The Balaban J connectivity index is 0.00000320. The fourth-order valence-electron chi connectivity index (χ4n) is 3.51. The van der Waals surface area contributed by atoms with Gasteiger partial charge in [-0.3, -0.25) is 9.79 Å². The maximum absolute atomic E-state index is 12.3. The number of hydrogen-bond donors (Lipinski definition) is 3. The Labute approximate surface area is 200 Å². The zero-order valence-corrected chi connectivity index (χ0v) is 20.9. The van der Waals surface area contributed by atoms with Crippen molar-refractivity contribution >= 4 is 52.9 Å². The monoisotopic (exact) mass is 541 g/mol. The van der Waals surface area contributed by atoms with Gasteiger partial charge in [0.2, 0.25) is 5.91 Å². The quantitative estimate of drug-likeness (QED) is 0.264. The van der Waals surface area contributed by atoms with Crippen molar-refractivity contribution in [3.63, 3.8) is 0 Å². The van der Waals surface area contributed by atoms with E-state index in [0.29, 0.717) is 6.54 Å². The molecular weight excluding hydrogens is 509 g/mol. The van der Waals surface area contributed by atoms with Crippen molar-refractivity contribution in [1.82, 2.24) is 15.6 Å². The largest absolute Gasteiger partial charge is 0.356 e. The number of amides is 1. The standard InChI is InChI=1S/C22H31N5OS.HI/c1-3-19-15-25-20(29-19)11-12-24-22(23-2)26-14-16-7-6-10-18(13-16)27-21(28)17-8-4-5-9-17;/h6-7,10,13,15,17H,3-5,8-9,11-12,14H2,1-2H3,(H,27,28)(H2,23,24,26);1H. The van der Waals surface area contributed by atoms with Gasteiger partial charge in [0.1, 0.15) is 0 Å². The second-order valence-electron chi connectivity index (χ2n) is 7.35. The third-order valence-electron chi connectivity index (χ3n) is 5.19. The summed E-state index contributed by atoms with van der Waals surface area (Å²) in [6, 6.07) is 8.00. The molecule has 6 nitrogen and oxygen atoms in total. The van der Waals surface area contributed by atoms with Crippen molar-refractivity contribution in [3.05, 3.63) is 45.9 Å². The van der Waals surface area contributed by atoms with E-state index in [1.807, 2.05) is 30.5 Å². The smallest absolute Gasteiger partial charge is 0.227 e. The fourth-order valence-corrected chi connectivity index (χ4v) is 4.37. The van der Waals surface area contributed by atoms with E-state index in [4.69, 9.17) is 0 Å². The average Bonchev–Trinajstić information content (AvgIpc) is 3.43. The van der Waals surface area contributed by atoms with Gasteiger partial charge < -0.3 is 16.0 Å². The number of aromatic nitrogens is 1. The number of rotatable bonds is 8. The van der Waals surface area contributed by atoms with Crippen LogP contribution in [0, 0.1) is 5.92 Å². The first kappa shape index (κ1) is 24.6. The highest BCUT2D eigenvalue weighted by molar-refractivity contribution is 14.0. The van der Waals surface area contributed by atoms with Crippen molar-refractivity contribution in [2.75, 3.05) is 18.9 Å². The summed E-state index contributed by atoms with van der Waals surface area (Å²) in [7, 11) is 1.77. The Morgan fingerprint density at radius 2 is 2.07 bits per heavy atom. The van der Waals surface area contributed by atoms with Gasteiger partial charge in [-0.05, 0) is 37.0 Å². The van der Waals surface area contributed by atoms with Crippen LogP contribution in [0.5, 0.6) is 0 Å². The number of guanidine groups is 1. The minimum atomic E-state index is 0. The van der Waals surface area contributed by atoms with Crippen LogP contribution in [0.2, 0.25) is 0 Å². The Hall–Kier alpha value is -1.68. The molecule has 2 aromatic rings. The molecule has 3 N–H and O–H groups in total. The van der Waals surface area contributed by atoms with Crippen LogP contribution in [-0.4, -0.2) is 30.4 Å². The van der Waals surface area contributed by atoms with Gasteiger partial charge in [0, 0.05) is 49.2 Å². The lowest BCUT2D eigenvalue weighted by Crippen LogP contribution is -2.37. The van der Waals surface area contributed by atoms with E-state index < -0.39 is 0 Å². The lowest BCUT2D eigenvalue weighted by Gasteiger charge is -2.13. The van der Waals surface area contributed by atoms with Crippen molar-refractivity contribution < 1.29 is 4.79 Å². The van der Waals surface area contributed by atoms with Gasteiger partial charge in [-0.2, -0.15) is 0 Å². The number of carbonyl (C=O) groups is 1. The van der Waals surface area contributed by atoms with Gasteiger partial charge in [-0.25, -0.2) is 4.98 Å². The molecule has 0 aliphatic heterocycles. The SMILES string of the molecule is CCc1cnc(CCNC(=NC)NCc2cccc(NC(=O)C3CCCC3)c2)s1.I. The second kappa shape index (κ2) is 12.9. The molecule has 30 heavy (non-hydrogen) atoms. The maximum Gasteiger partial charge on any atom is 0.227 e. The number of aliphatic imine (C=N–C) groups is 1. The van der Waals surface area contributed by atoms with E-state index in [1.54, 1.807) is 18.4 Å². The number of hydrogen-bond acceptors (Lipinski definition) is 4. The third-order valence-corrected chi connectivity index (χ3v) is 6.39. The highest BCUT2D eigenvalue weighted by atomic mass is 127. The predicted molar refractivity (Wildman–Crippen MR) is 136 cm³/mol. The molecule has 1 heterocycles. The molecule has 1 aliphatic carbocycles. The number of anilines is 1. The summed E-state index contributed by atoms with van der Waals surface area (Å²) in [6.45, 7) is 3.58. The van der Waals surface area contributed by atoms with Crippen LogP contribution in [0.4, 0.5) is 5.69 Å². The molecule has 0 unspecified atom stereocenters. The highest BCUT2D eigenvalue weighted by Gasteiger charge is 2.22. The van der Waals surface area contributed by atoms with Crippen LogP contribution in [0.3, 0.4) is 0 Å². The van der Waals surface area contributed by atoms with Gasteiger partial charge in [0.15, 0.2) is 5.96 Å². The Morgan fingerprint density at radius 1 is 1.27 bits per heavy atom. The summed E-state index contributed by atoms with van der Waals surface area (Å²) in [4.78, 5) is 22.4. The molecule has 0 bridgehead atoms. The van der Waals surface area contributed by atoms with Crippen LogP contribution < -0.4 is 16.0 Å². The number of nitrogens with zero attached hydrogens (tertiary/aromatic N) is 2. The highest BCUT2D eigenvalue weighted by Crippen LogP contribution is 2.26. The summed E-state index contributed by atoms with van der Waals surface area (Å²) in [5.74, 6) is 1.09. The van der Waals surface area contributed by atoms with Crippen molar-refractivity contribution in [2.24, 2.45) is 10.9 Å². The van der Waals surface area contributed by atoms with Gasteiger partial charge in [0.05, 0.1) is 5.01 Å². The van der Waals surface area contributed by atoms with E-state index in [2.05, 4.69) is 32.9 Å². The third kappa shape index (κ3) is 7.54. The lowest BCUT2D eigenvalue weighted by molar-refractivity contribution is -0.119. The topological polar surface area (TPSA) is 78.4 Å². The molecule has 0 radical (unpaired) electrons. The minimum absolute atomic E-state index is 0. The van der Waals surface area contributed by atoms with Crippen molar-refractivity contribution in [3.8, 4) is 0 Å². The summed E-state index contributed by atoms with van der Waals surface area (Å²) in [5.41, 5.74) is 1.96. The number of halogens is 1. The van der Waals surface area contributed by atoms with Gasteiger partial charge >= 0.3 is 0 Å². The summed E-state index contributed by atoms with van der Waals surface area (Å²) < 4.78 is 0. The first-order valence-corrected chi connectivity index (χ1v) is 11.3. The number of benzene rings is 1. The zero-order chi connectivity index (χ0) is 20.5. The van der Waals surface area contributed by atoms with Crippen LogP contribution >= 0.6 is 35.3 Å². The van der Waals surface area contributed by atoms with Gasteiger partial charge in [-0.1, -0.05) is 31.9 Å². The molecule has 1 aliphatic rings. The van der Waals surface area contributed by atoms with E-state index in [-0.39, 0.29) is 35.8 Å². The number of thiazole rings is 1. The van der Waals surface area contributed by atoms with Crippen molar-refractivity contribution in [1.29, 1.82) is 0 Å². The molecule has 1 aromatic heterocycles. The minimum Gasteiger partial charge on any atom is -0.356 e. The van der Waals surface area contributed by atoms with Crippen LogP contribution in [-0.2, 0) is 24.2 Å². The Morgan fingerprint density at radius 3 is 2.77 bits per heavy atom. The van der Waals surface area contributed by atoms with E-state index in [0.717, 1.165) is 67.3 Å². The zero-order valence-electron chi connectivity index (χ0n) is 17.7. The molecule has 1 amide bonds. The second-order valence-corrected chi connectivity index (χ2v) is 8.55. The average molecular weight is 542 g/mol. The molecule has 0 atom stereocenters. The van der Waals surface area contributed by atoms with E-state index in [9.17, 15) is 4.79 Å². The summed E-state index contributed by atoms with van der Waals surface area (Å²) in [6.07, 6.45) is 8.23. The van der Waals surface area contributed by atoms with Crippen LogP contribution in [0.25, 0.3) is 0 Å². The molecule has 3 rings (SSSR count). The molecule has 8 heteroatoms. The molecule has 1 fully saturated rings.